The largest absolute Gasteiger partial charge is 0.496 e. The number of benzene rings is 2. The molecule has 0 unspecified atom stereocenters. The highest BCUT2D eigenvalue weighted by molar-refractivity contribution is 7.92. The zero-order chi connectivity index (χ0) is 21.1. The molecule has 1 aliphatic rings. The third-order valence-electron chi connectivity index (χ3n) is 5.49. The van der Waals surface area contributed by atoms with Crippen LogP contribution in [0.4, 0.5) is 0 Å². The van der Waals surface area contributed by atoms with Crippen LogP contribution in [0.3, 0.4) is 0 Å². The number of hydrogen-bond acceptors (Lipinski definition) is 5. The normalized spacial score (nSPS) is 15.2. The summed E-state index contributed by atoms with van der Waals surface area (Å²) in [7, 11) is -1.90. The molecule has 0 bridgehead atoms. The fourth-order valence-electron chi connectivity index (χ4n) is 3.81. The standard InChI is InChI=1S/C23H23NO4S2/c1-28-21-6-3-2-5-20(21)23(25)24-14-12-19(13-15-24)30(26,27)18-10-8-17(9-11-18)22-7-4-16-29-22/h2-11,16,19H,12-15H2,1H3. The van der Waals surface area contributed by atoms with E-state index in [0.717, 1.165) is 10.4 Å². The summed E-state index contributed by atoms with van der Waals surface area (Å²) in [6, 6.07) is 18.2. The molecule has 0 atom stereocenters. The van der Waals surface area contributed by atoms with Crippen molar-refractivity contribution in [2.45, 2.75) is 23.0 Å². The first-order valence-electron chi connectivity index (χ1n) is 9.81. The Balaban J connectivity index is 1.45. The molecule has 1 aromatic heterocycles. The number of piperidine rings is 1. The van der Waals surface area contributed by atoms with E-state index >= 15 is 0 Å². The number of hydrogen-bond donors (Lipinski definition) is 0. The van der Waals surface area contributed by atoms with Crippen LogP contribution in [0.2, 0.25) is 0 Å². The van der Waals surface area contributed by atoms with Crippen LogP contribution in [0.25, 0.3) is 10.4 Å². The SMILES string of the molecule is COc1ccccc1C(=O)N1CCC(S(=O)(=O)c2ccc(-c3cccs3)cc2)CC1. The van der Waals surface area contributed by atoms with Gasteiger partial charge in [-0.1, -0.05) is 30.3 Å². The molecule has 3 aromatic rings. The third kappa shape index (κ3) is 4.00. The third-order valence-corrected chi connectivity index (χ3v) is 8.69. The van der Waals surface area contributed by atoms with Gasteiger partial charge in [0.15, 0.2) is 9.84 Å². The topological polar surface area (TPSA) is 63.7 Å². The van der Waals surface area contributed by atoms with Crippen LogP contribution in [0.1, 0.15) is 23.2 Å². The Morgan fingerprint density at radius 1 is 1.00 bits per heavy atom. The van der Waals surface area contributed by atoms with E-state index in [-0.39, 0.29) is 5.91 Å². The van der Waals surface area contributed by atoms with E-state index in [4.69, 9.17) is 4.74 Å². The number of nitrogens with zero attached hydrogens (tertiary/aromatic N) is 1. The zero-order valence-electron chi connectivity index (χ0n) is 16.7. The van der Waals surface area contributed by atoms with Gasteiger partial charge in [-0.25, -0.2) is 8.42 Å². The number of methoxy groups -OCH3 is 1. The lowest BCUT2D eigenvalue weighted by Crippen LogP contribution is -2.42. The van der Waals surface area contributed by atoms with Gasteiger partial charge < -0.3 is 9.64 Å². The number of rotatable bonds is 5. The fraction of sp³-hybridized carbons (Fsp3) is 0.261. The van der Waals surface area contributed by atoms with E-state index in [1.165, 1.54) is 7.11 Å². The molecule has 30 heavy (non-hydrogen) atoms. The number of likely N-dealkylation sites (tertiary alicyclic amines) is 1. The van der Waals surface area contributed by atoms with Crippen molar-refractivity contribution in [3.05, 3.63) is 71.6 Å². The second-order valence-electron chi connectivity index (χ2n) is 7.24. The lowest BCUT2D eigenvalue weighted by atomic mass is 10.1. The van der Waals surface area contributed by atoms with Crippen molar-refractivity contribution in [2.24, 2.45) is 0 Å². The van der Waals surface area contributed by atoms with Gasteiger partial charge >= 0.3 is 0 Å². The minimum atomic E-state index is -3.43. The summed E-state index contributed by atoms with van der Waals surface area (Å²) in [4.78, 5) is 16.0. The summed E-state index contributed by atoms with van der Waals surface area (Å²) in [5, 5.41) is 1.52. The number of ether oxygens (including phenoxy) is 1. The minimum absolute atomic E-state index is 0.122. The second-order valence-corrected chi connectivity index (χ2v) is 10.4. The molecule has 0 N–H and O–H groups in total. The van der Waals surface area contributed by atoms with Crippen LogP contribution >= 0.6 is 11.3 Å². The highest BCUT2D eigenvalue weighted by Crippen LogP contribution is 2.30. The van der Waals surface area contributed by atoms with Gasteiger partial charge in [-0.15, -0.1) is 11.3 Å². The van der Waals surface area contributed by atoms with E-state index in [9.17, 15) is 13.2 Å². The molecule has 1 aliphatic heterocycles. The number of carbonyl (C=O) groups excluding carboxylic acids is 1. The number of amides is 1. The Morgan fingerprint density at radius 3 is 2.33 bits per heavy atom. The number of para-hydroxylation sites is 1. The van der Waals surface area contributed by atoms with Crippen molar-refractivity contribution >= 4 is 27.1 Å². The average molecular weight is 442 g/mol. The molecule has 1 amide bonds. The molecule has 0 spiro atoms. The molecule has 0 saturated carbocycles. The van der Waals surface area contributed by atoms with Crippen molar-refractivity contribution < 1.29 is 17.9 Å². The highest BCUT2D eigenvalue weighted by atomic mass is 32.2. The van der Waals surface area contributed by atoms with Crippen LogP contribution in [0.15, 0.2) is 70.9 Å². The molecule has 2 heterocycles. The van der Waals surface area contributed by atoms with Gasteiger partial charge in [0.1, 0.15) is 5.75 Å². The Hall–Kier alpha value is -2.64. The number of carbonyl (C=O) groups is 1. The fourth-order valence-corrected chi connectivity index (χ4v) is 6.27. The maximum Gasteiger partial charge on any atom is 0.257 e. The summed E-state index contributed by atoms with van der Waals surface area (Å²) < 4.78 is 31.5. The van der Waals surface area contributed by atoms with E-state index < -0.39 is 15.1 Å². The van der Waals surface area contributed by atoms with E-state index in [1.54, 1.807) is 46.6 Å². The predicted octanol–water partition coefficient (Wildman–Crippen LogP) is 4.50. The van der Waals surface area contributed by atoms with Gasteiger partial charge in [0.25, 0.3) is 5.91 Å². The molecule has 0 aliphatic carbocycles. The van der Waals surface area contributed by atoms with Gasteiger partial charge in [0.2, 0.25) is 0 Å². The summed E-state index contributed by atoms with van der Waals surface area (Å²) in [5.74, 6) is 0.409. The molecular formula is C23H23NO4S2. The van der Waals surface area contributed by atoms with Gasteiger partial charge in [-0.05, 0) is 54.1 Å². The quantitative estimate of drug-likeness (QED) is 0.585. The van der Waals surface area contributed by atoms with Crippen LogP contribution in [-0.4, -0.2) is 44.7 Å². The molecule has 7 heteroatoms. The first-order chi connectivity index (χ1) is 14.5. The Labute approximate surface area is 180 Å². The zero-order valence-corrected chi connectivity index (χ0v) is 18.3. The van der Waals surface area contributed by atoms with Crippen molar-refractivity contribution in [3.63, 3.8) is 0 Å². The van der Waals surface area contributed by atoms with Crippen molar-refractivity contribution in [2.75, 3.05) is 20.2 Å². The van der Waals surface area contributed by atoms with Gasteiger partial charge in [-0.2, -0.15) is 0 Å². The van der Waals surface area contributed by atoms with Crippen molar-refractivity contribution in [1.82, 2.24) is 4.90 Å². The van der Waals surface area contributed by atoms with Crippen LogP contribution in [0.5, 0.6) is 5.75 Å². The lowest BCUT2D eigenvalue weighted by molar-refractivity contribution is 0.0722. The molecular weight excluding hydrogens is 418 g/mol. The Morgan fingerprint density at radius 2 is 1.70 bits per heavy atom. The van der Waals surface area contributed by atoms with Gasteiger partial charge in [-0.3, -0.25) is 4.79 Å². The summed E-state index contributed by atoms with van der Waals surface area (Å²) in [6.07, 6.45) is 0.853. The number of thiophene rings is 1. The Bertz CT molecular complexity index is 1110. The number of sulfone groups is 1. The monoisotopic (exact) mass is 441 g/mol. The molecule has 5 nitrogen and oxygen atoms in total. The molecule has 0 radical (unpaired) electrons. The maximum atomic E-state index is 13.1. The van der Waals surface area contributed by atoms with E-state index in [0.29, 0.717) is 42.1 Å². The first-order valence-corrected chi connectivity index (χ1v) is 12.2. The first kappa shape index (κ1) is 20.6. The summed E-state index contributed by atoms with van der Waals surface area (Å²) in [6.45, 7) is 0.822. The lowest BCUT2D eigenvalue weighted by Gasteiger charge is -2.32. The molecule has 4 rings (SSSR count). The molecule has 1 saturated heterocycles. The maximum absolute atomic E-state index is 13.1. The summed E-state index contributed by atoms with van der Waals surface area (Å²) in [5.41, 5.74) is 1.52. The van der Waals surface area contributed by atoms with Crippen LogP contribution in [0, 0.1) is 0 Å². The van der Waals surface area contributed by atoms with E-state index in [1.807, 2.05) is 35.7 Å². The Kier molecular flexibility index (Phi) is 5.92. The highest BCUT2D eigenvalue weighted by Gasteiger charge is 2.33. The second kappa shape index (κ2) is 8.62. The average Bonchev–Trinajstić information content (AvgIpc) is 3.34. The molecule has 2 aromatic carbocycles. The van der Waals surface area contributed by atoms with Gasteiger partial charge in [0, 0.05) is 18.0 Å². The van der Waals surface area contributed by atoms with Crippen LogP contribution in [-0.2, 0) is 9.84 Å². The van der Waals surface area contributed by atoms with E-state index in [2.05, 4.69) is 0 Å². The molecule has 1 fully saturated rings. The van der Waals surface area contributed by atoms with Crippen molar-refractivity contribution in [1.29, 1.82) is 0 Å². The van der Waals surface area contributed by atoms with Gasteiger partial charge in [0.05, 0.1) is 22.8 Å². The smallest absolute Gasteiger partial charge is 0.257 e. The summed E-state index contributed by atoms with van der Waals surface area (Å²) >= 11 is 1.63. The molecule has 156 valence electrons. The van der Waals surface area contributed by atoms with Crippen molar-refractivity contribution in [3.8, 4) is 16.2 Å². The minimum Gasteiger partial charge on any atom is -0.496 e. The van der Waals surface area contributed by atoms with Crippen LogP contribution < -0.4 is 4.74 Å². The predicted molar refractivity (Wildman–Crippen MR) is 119 cm³/mol.